The summed E-state index contributed by atoms with van der Waals surface area (Å²) in [5, 5.41) is 8.01. The highest BCUT2D eigenvalue weighted by atomic mass is 16.2. The number of nitrogens with one attached hydrogen (secondary N) is 1. The van der Waals surface area contributed by atoms with Crippen LogP contribution in [0.25, 0.3) is 0 Å². The Morgan fingerprint density at radius 2 is 1.62 bits per heavy atom. The minimum atomic E-state index is -0.246. The van der Waals surface area contributed by atoms with Gasteiger partial charge >= 0.3 is 0 Å². The van der Waals surface area contributed by atoms with Crippen LogP contribution in [0.15, 0.2) is 54.6 Å². The predicted molar refractivity (Wildman–Crippen MR) is 108 cm³/mol. The molecule has 2 amide bonds. The van der Waals surface area contributed by atoms with Crippen molar-refractivity contribution < 1.29 is 9.59 Å². The Kier molecular flexibility index (Phi) is 4.16. The molecule has 7 heteroatoms. The van der Waals surface area contributed by atoms with E-state index in [1.54, 1.807) is 4.68 Å². The molecular formula is C22H21N5O2. The van der Waals surface area contributed by atoms with E-state index in [2.05, 4.69) is 58.7 Å². The zero-order chi connectivity index (χ0) is 20.0. The third-order valence-corrected chi connectivity index (χ3v) is 5.59. The zero-order valence-corrected chi connectivity index (χ0v) is 16.1. The molecule has 1 N–H and O–H groups in total. The first-order valence-electron chi connectivity index (χ1n) is 9.80. The third kappa shape index (κ3) is 3.08. The van der Waals surface area contributed by atoms with Crippen molar-refractivity contribution in [1.82, 2.24) is 14.8 Å². The Bertz CT molecular complexity index is 1060. The molecule has 2 aliphatic rings. The summed E-state index contributed by atoms with van der Waals surface area (Å²) >= 11 is 0. The number of aromatic nitrogens is 3. The fourth-order valence-electron chi connectivity index (χ4n) is 4.03. The number of fused-ring (bicyclic) bond motifs is 1. The molecule has 0 radical (unpaired) electrons. The lowest BCUT2D eigenvalue weighted by molar-refractivity contribution is -0.121. The van der Waals surface area contributed by atoms with Crippen LogP contribution in [0, 0.1) is 6.92 Å². The molecule has 1 fully saturated rings. The van der Waals surface area contributed by atoms with Crippen LogP contribution in [0.5, 0.6) is 0 Å². The summed E-state index contributed by atoms with van der Waals surface area (Å²) in [6, 6.07) is 18.6. The van der Waals surface area contributed by atoms with Crippen LogP contribution in [0.2, 0.25) is 0 Å². The number of hydrogen-bond donors (Lipinski definition) is 1. The van der Waals surface area contributed by atoms with Gasteiger partial charge in [0.2, 0.25) is 17.8 Å². The highest BCUT2D eigenvalue weighted by Crippen LogP contribution is 2.39. The molecule has 2 atom stereocenters. The van der Waals surface area contributed by atoms with Gasteiger partial charge < -0.3 is 5.32 Å². The van der Waals surface area contributed by atoms with E-state index < -0.39 is 0 Å². The smallest absolute Gasteiger partial charge is 0.260 e. The molecular weight excluding hydrogens is 366 g/mol. The summed E-state index contributed by atoms with van der Waals surface area (Å²) in [6.45, 7) is 2.06. The molecule has 2 aliphatic heterocycles. The molecule has 0 saturated carbocycles. The van der Waals surface area contributed by atoms with Gasteiger partial charge in [0, 0.05) is 12.8 Å². The van der Waals surface area contributed by atoms with Crippen LogP contribution in [-0.4, -0.2) is 26.6 Å². The molecule has 3 aromatic rings. The number of rotatable bonds is 3. The highest BCUT2D eigenvalue weighted by molar-refractivity contribution is 6.18. The normalized spacial score (nSPS) is 21.2. The van der Waals surface area contributed by atoms with Gasteiger partial charge in [0.15, 0.2) is 0 Å². The number of anilines is 2. The third-order valence-electron chi connectivity index (χ3n) is 5.59. The van der Waals surface area contributed by atoms with Gasteiger partial charge in [-0.2, -0.15) is 4.98 Å². The second-order valence-corrected chi connectivity index (χ2v) is 7.57. The van der Waals surface area contributed by atoms with Crippen molar-refractivity contribution in [3.8, 4) is 0 Å². The minimum absolute atomic E-state index is 0.0499. The lowest BCUT2D eigenvalue weighted by Crippen LogP contribution is -2.30. The van der Waals surface area contributed by atoms with Gasteiger partial charge in [0.05, 0.1) is 12.1 Å². The van der Waals surface area contributed by atoms with Crippen LogP contribution >= 0.6 is 0 Å². The molecule has 0 unspecified atom stereocenters. The second kappa shape index (κ2) is 6.84. The van der Waals surface area contributed by atoms with Crippen LogP contribution in [0.1, 0.15) is 48.0 Å². The van der Waals surface area contributed by atoms with Crippen molar-refractivity contribution in [3.63, 3.8) is 0 Å². The van der Waals surface area contributed by atoms with E-state index in [-0.39, 0.29) is 42.7 Å². The van der Waals surface area contributed by atoms with Gasteiger partial charge in [-0.25, -0.2) is 9.58 Å². The summed E-state index contributed by atoms with van der Waals surface area (Å²) in [6.07, 6.45) is 1.21. The van der Waals surface area contributed by atoms with Crippen LogP contribution < -0.4 is 10.2 Å². The molecule has 29 heavy (non-hydrogen) atoms. The van der Waals surface area contributed by atoms with E-state index in [9.17, 15) is 9.59 Å². The fraction of sp³-hybridized carbons (Fsp3) is 0.273. The van der Waals surface area contributed by atoms with Gasteiger partial charge in [0.25, 0.3) is 5.95 Å². The summed E-state index contributed by atoms with van der Waals surface area (Å²) in [5.41, 5.74) is 3.47. The van der Waals surface area contributed by atoms with E-state index >= 15 is 0 Å². The fourth-order valence-corrected chi connectivity index (χ4v) is 4.03. The maximum Gasteiger partial charge on any atom is 0.260 e. The average Bonchev–Trinajstić information content (AvgIpc) is 3.30. The summed E-state index contributed by atoms with van der Waals surface area (Å²) in [5.74, 6) is 0.234. The van der Waals surface area contributed by atoms with Gasteiger partial charge in [-0.05, 0) is 24.5 Å². The number of carbonyl (C=O) groups excluding carboxylic acids is 2. The van der Waals surface area contributed by atoms with Gasteiger partial charge in [-0.15, -0.1) is 5.10 Å². The molecule has 0 aliphatic carbocycles. The highest BCUT2D eigenvalue weighted by Gasteiger charge is 2.37. The molecule has 0 spiro atoms. The molecule has 0 bridgehead atoms. The maximum absolute atomic E-state index is 12.2. The Hall–Kier alpha value is -3.48. The van der Waals surface area contributed by atoms with Crippen molar-refractivity contribution in [2.45, 2.75) is 38.3 Å². The van der Waals surface area contributed by atoms with Crippen LogP contribution in [0.3, 0.4) is 0 Å². The lowest BCUT2D eigenvalue weighted by Gasteiger charge is -2.31. The number of benzene rings is 2. The van der Waals surface area contributed by atoms with E-state index in [1.807, 2.05) is 18.2 Å². The van der Waals surface area contributed by atoms with E-state index in [1.165, 1.54) is 5.56 Å². The van der Waals surface area contributed by atoms with Crippen molar-refractivity contribution in [2.75, 3.05) is 10.2 Å². The van der Waals surface area contributed by atoms with E-state index in [0.717, 1.165) is 22.4 Å². The van der Waals surface area contributed by atoms with E-state index in [0.29, 0.717) is 5.95 Å². The van der Waals surface area contributed by atoms with Gasteiger partial charge in [-0.3, -0.25) is 9.59 Å². The molecule has 2 aromatic carbocycles. The number of nitrogens with zero attached hydrogens (tertiary/aromatic N) is 4. The first-order valence-corrected chi connectivity index (χ1v) is 9.80. The molecule has 5 rings (SSSR count). The Balaban J connectivity index is 1.58. The zero-order valence-electron chi connectivity index (χ0n) is 16.1. The van der Waals surface area contributed by atoms with Gasteiger partial charge in [0.1, 0.15) is 0 Å². The van der Waals surface area contributed by atoms with E-state index in [4.69, 9.17) is 0 Å². The Labute approximate surface area is 168 Å². The number of hydrogen-bond acceptors (Lipinski definition) is 5. The monoisotopic (exact) mass is 387 g/mol. The van der Waals surface area contributed by atoms with Crippen molar-refractivity contribution in [1.29, 1.82) is 0 Å². The largest absolute Gasteiger partial charge is 0.347 e. The minimum Gasteiger partial charge on any atom is -0.347 e. The average molecular weight is 387 g/mol. The number of aryl methyl sites for hydroxylation is 1. The lowest BCUT2D eigenvalue weighted by atomic mass is 9.93. The number of amides is 2. The number of carbonyl (C=O) groups is 2. The SMILES string of the molecule is Cc1ccc([C@@H]2C[C@H](c3ccccc3)Nc3nc(N4C(=O)CCC4=O)nn32)cc1. The maximum atomic E-state index is 12.2. The molecule has 3 heterocycles. The van der Waals surface area contributed by atoms with Crippen molar-refractivity contribution in [2.24, 2.45) is 0 Å². The quantitative estimate of drug-likeness (QED) is 0.697. The molecule has 1 aromatic heterocycles. The first kappa shape index (κ1) is 17.6. The second-order valence-electron chi connectivity index (χ2n) is 7.57. The standard InChI is InChI=1S/C22H21N5O2/c1-14-7-9-16(10-8-14)18-13-17(15-5-3-2-4-6-15)23-21-24-22(25-27(18)21)26-19(28)11-12-20(26)29/h2-10,17-18H,11-13H2,1H3,(H,23,24,25)/t17-,18+/m1/s1. The van der Waals surface area contributed by atoms with Crippen LogP contribution in [-0.2, 0) is 9.59 Å². The Morgan fingerprint density at radius 1 is 0.931 bits per heavy atom. The topological polar surface area (TPSA) is 80.1 Å². The summed E-state index contributed by atoms with van der Waals surface area (Å²) in [7, 11) is 0. The van der Waals surface area contributed by atoms with Crippen LogP contribution in [0.4, 0.5) is 11.9 Å². The number of imide groups is 1. The van der Waals surface area contributed by atoms with Gasteiger partial charge in [-0.1, -0.05) is 60.2 Å². The Morgan fingerprint density at radius 3 is 2.31 bits per heavy atom. The molecule has 7 nitrogen and oxygen atoms in total. The summed E-state index contributed by atoms with van der Waals surface area (Å²) in [4.78, 5) is 30.0. The van der Waals surface area contributed by atoms with Crippen molar-refractivity contribution in [3.05, 3.63) is 71.3 Å². The summed E-state index contributed by atoms with van der Waals surface area (Å²) < 4.78 is 1.80. The molecule has 146 valence electrons. The molecule has 1 saturated heterocycles. The predicted octanol–water partition coefficient (Wildman–Crippen LogP) is 3.39. The first-order chi connectivity index (χ1) is 14.1. The van der Waals surface area contributed by atoms with Crippen molar-refractivity contribution >= 4 is 23.7 Å².